The molecule has 1 heterocycles. The van der Waals surface area contributed by atoms with Crippen molar-refractivity contribution in [3.8, 4) is 0 Å². The second-order valence-corrected chi connectivity index (χ2v) is 6.59. The first-order valence-electron chi connectivity index (χ1n) is 6.26. The van der Waals surface area contributed by atoms with Crippen LogP contribution in [0.25, 0.3) is 0 Å². The van der Waals surface area contributed by atoms with Gasteiger partial charge in [0.25, 0.3) is 0 Å². The molecule has 6 nitrogen and oxygen atoms in total. The molecule has 0 saturated carbocycles. The van der Waals surface area contributed by atoms with Gasteiger partial charge in [0.1, 0.15) is 0 Å². The predicted octanol–water partition coefficient (Wildman–Crippen LogP) is -0.209. The molecule has 2 N–H and O–H groups in total. The van der Waals surface area contributed by atoms with Gasteiger partial charge in [-0.25, -0.2) is 8.42 Å². The van der Waals surface area contributed by atoms with Gasteiger partial charge in [0, 0.05) is 40.0 Å². The van der Waals surface area contributed by atoms with Crippen molar-refractivity contribution in [1.29, 1.82) is 0 Å². The van der Waals surface area contributed by atoms with Crippen molar-refractivity contribution in [2.75, 3.05) is 39.7 Å². The van der Waals surface area contributed by atoms with Crippen molar-refractivity contribution in [2.24, 2.45) is 5.73 Å². The molecule has 108 valence electrons. The molecule has 0 spiro atoms. The van der Waals surface area contributed by atoms with E-state index in [0.29, 0.717) is 32.5 Å². The van der Waals surface area contributed by atoms with Crippen LogP contribution in [0.15, 0.2) is 0 Å². The van der Waals surface area contributed by atoms with E-state index in [9.17, 15) is 8.42 Å². The molecule has 0 amide bonds. The summed E-state index contributed by atoms with van der Waals surface area (Å²) in [5, 5.41) is 0. The van der Waals surface area contributed by atoms with Crippen LogP contribution in [0.1, 0.15) is 19.3 Å². The fraction of sp³-hybridized carbons (Fsp3) is 1.00. The van der Waals surface area contributed by atoms with Crippen molar-refractivity contribution < 1.29 is 17.9 Å². The maximum atomic E-state index is 12.2. The van der Waals surface area contributed by atoms with E-state index < -0.39 is 10.0 Å². The Balaban J connectivity index is 2.63. The van der Waals surface area contributed by atoms with Crippen molar-refractivity contribution in [3.63, 3.8) is 0 Å². The average molecular weight is 280 g/mol. The maximum absolute atomic E-state index is 12.2. The van der Waals surface area contributed by atoms with E-state index in [2.05, 4.69) is 0 Å². The number of hydrogen-bond acceptors (Lipinski definition) is 5. The van der Waals surface area contributed by atoms with Gasteiger partial charge in [-0.2, -0.15) is 4.31 Å². The van der Waals surface area contributed by atoms with Gasteiger partial charge >= 0.3 is 0 Å². The molecule has 0 aromatic carbocycles. The zero-order valence-corrected chi connectivity index (χ0v) is 12.0. The molecule has 0 bridgehead atoms. The van der Waals surface area contributed by atoms with Crippen LogP contribution in [0.3, 0.4) is 0 Å². The van der Waals surface area contributed by atoms with Gasteiger partial charge in [0.15, 0.2) is 0 Å². The largest absolute Gasteiger partial charge is 0.385 e. The summed E-state index contributed by atoms with van der Waals surface area (Å²) < 4.78 is 36.1. The summed E-state index contributed by atoms with van der Waals surface area (Å²) in [6, 6.07) is -0.142. The molecule has 1 aliphatic heterocycles. The Morgan fingerprint density at radius 2 is 2.11 bits per heavy atom. The van der Waals surface area contributed by atoms with Crippen molar-refractivity contribution in [2.45, 2.75) is 31.4 Å². The topological polar surface area (TPSA) is 81.9 Å². The lowest BCUT2D eigenvalue weighted by atomic mass is 10.0. The highest BCUT2D eigenvalue weighted by Gasteiger charge is 2.34. The third-order valence-corrected chi connectivity index (χ3v) is 5.33. The van der Waals surface area contributed by atoms with Crippen LogP contribution >= 0.6 is 0 Å². The fourth-order valence-electron chi connectivity index (χ4n) is 2.29. The van der Waals surface area contributed by atoms with Crippen LogP contribution in [0, 0.1) is 0 Å². The lowest BCUT2D eigenvalue weighted by Crippen LogP contribution is -2.51. The highest BCUT2D eigenvalue weighted by atomic mass is 32.2. The van der Waals surface area contributed by atoms with Gasteiger partial charge in [0.2, 0.25) is 10.0 Å². The minimum atomic E-state index is -3.23. The summed E-state index contributed by atoms with van der Waals surface area (Å²) in [4.78, 5) is 0. The molecule has 0 aromatic heterocycles. The first-order chi connectivity index (χ1) is 8.55. The standard InChI is InChI=1S/C11H24N2O4S/c1-16-6-3-7-18(14,15)13-5-4-11(17-2)8-10(13)9-12/h10-11H,3-9,12H2,1-2H3. The number of methoxy groups -OCH3 is 2. The van der Waals surface area contributed by atoms with Crippen molar-refractivity contribution in [1.82, 2.24) is 4.31 Å². The zero-order chi connectivity index (χ0) is 13.6. The third-order valence-electron chi connectivity index (χ3n) is 3.33. The summed E-state index contributed by atoms with van der Waals surface area (Å²) >= 11 is 0. The van der Waals surface area contributed by atoms with Gasteiger partial charge < -0.3 is 15.2 Å². The molecule has 1 rings (SSSR count). The highest BCUT2D eigenvalue weighted by Crippen LogP contribution is 2.22. The summed E-state index contributed by atoms with van der Waals surface area (Å²) in [5.74, 6) is 0.120. The lowest BCUT2D eigenvalue weighted by molar-refractivity contribution is 0.0401. The average Bonchev–Trinajstić information content (AvgIpc) is 2.38. The summed E-state index contributed by atoms with van der Waals surface area (Å²) in [6.07, 6.45) is 2.04. The SMILES string of the molecule is COCCCS(=O)(=O)N1CCC(OC)CC1CN. The Morgan fingerprint density at radius 3 is 2.67 bits per heavy atom. The number of piperidine rings is 1. The molecule has 2 unspecified atom stereocenters. The molecular weight excluding hydrogens is 256 g/mol. The Kier molecular flexibility index (Phi) is 6.51. The van der Waals surface area contributed by atoms with E-state index >= 15 is 0 Å². The number of hydrogen-bond donors (Lipinski definition) is 1. The Hall–Kier alpha value is -0.210. The number of ether oxygens (including phenoxy) is 2. The molecule has 0 aromatic rings. The zero-order valence-electron chi connectivity index (χ0n) is 11.2. The monoisotopic (exact) mass is 280 g/mol. The van der Waals surface area contributed by atoms with Gasteiger partial charge in [-0.3, -0.25) is 0 Å². The van der Waals surface area contributed by atoms with Gasteiger partial charge in [-0.05, 0) is 19.3 Å². The molecule has 0 radical (unpaired) electrons. The second-order valence-electron chi connectivity index (χ2n) is 4.54. The number of sulfonamides is 1. The molecular formula is C11H24N2O4S. The predicted molar refractivity (Wildman–Crippen MR) is 69.9 cm³/mol. The van der Waals surface area contributed by atoms with Gasteiger partial charge in [0.05, 0.1) is 11.9 Å². The van der Waals surface area contributed by atoms with Crippen molar-refractivity contribution in [3.05, 3.63) is 0 Å². The van der Waals surface area contributed by atoms with Gasteiger partial charge in [-0.1, -0.05) is 0 Å². The van der Waals surface area contributed by atoms with E-state index in [4.69, 9.17) is 15.2 Å². The molecule has 1 aliphatic rings. The molecule has 1 fully saturated rings. The second kappa shape index (κ2) is 7.40. The Morgan fingerprint density at radius 1 is 1.39 bits per heavy atom. The quantitative estimate of drug-likeness (QED) is 0.653. The number of rotatable bonds is 7. The molecule has 2 atom stereocenters. The first-order valence-corrected chi connectivity index (χ1v) is 7.87. The van der Waals surface area contributed by atoms with Crippen LogP contribution in [-0.4, -0.2) is 64.5 Å². The van der Waals surface area contributed by atoms with Gasteiger partial charge in [-0.15, -0.1) is 0 Å². The third kappa shape index (κ3) is 4.17. The normalized spacial score (nSPS) is 26.4. The summed E-state index contributed by atoms with van der Waals surface area (Å²) in [6.45, 7) is 1.29. The van der Waals surface area contributed by atoms with Crippen LogP contribution in [0.4, 0.5) is 0 Å². The fourth-order valence-corrected chi connectivity index (χ4v) is 4.02. The van der Waals surface area contributed by atoms with Crippen LogP contribution < -0.4 is 5.73 Å². The van der Waals surface area contributed by atoms with Crippen LogP contribution in [0.5, 0.6) is 0 Å². The molecule has 18 heavy (non-hydrogen) atoms. The van der Waals surface area contributed by atoms with Crippen LogP contribution in [0.2, 0.25) is 0 Å². The number of nitrogens with two attached hydrogens (primary N) is 1. The van der Waals surface area contributed by atoms with Crippen LogP contribution in [-0.2, 0) is 19.5 Å². The first kappa shape index (κ1) is 15.8. The molecule has 1 saturated heterocycles. The lowest BCUT2D eigenvalue weighted by Gasteiger charge is -2.37. The smallest absolute Gasteiger partial charge is 0.214 e. The van der Waals surface area contributed by atoms with E-state index in [-0.39, 0.29) is 17.9 Å². The molecule has 0 aliphatic carbocycles. The molecule has 7 heteroatoms. The Bertz CT molecular complexity index is 334. The van der Waals surface area contributed by atoms with E-state index in [1.54, 1.807) is 14.2 Å². The van der Waals surface area contributed by atoms with E-state index in [1.807, 2.05) is 0 Å². The van der Waals surface area contributed by atoms with E-state index in [0.717, 1.165) is 6.42 Å². The van der Waals surface area contributed by atoms with Crippen molar-refractivity contribution >= 4 is 10.0 Å². The minimum Gasteiger partial charge on any atom is -0.385 e. The summed E-state index contributed by atoms with van der Waals surface area (Å²) in [7, 11) is -0.00812. The Labute approximate surface area is 109 Å². The van der Waals surface area contributed by atoms with E-state index in [1.165, 1.54) is 4.31 Å². The minimum absolute atomic E-state index is 0.115. The number of nitrogens with zero attached hydrogens (tertiary/aromatic N) is 1. The highest BCUT2D eigenvalue weighted by molar-refractivity contribution is 7.89. The summed E-state index contributed by atoms with van der Waals surface area (Å²) in [5.41, 5.74) is 5.68. The maximum Gasteiger partial charge on any atom is 0.214 e.